The zero-order valence-corrected chi connectivity index (χ0v) is 9.17. The molecule has 1 saturated heterocycles. The fraction of sp³-hybridized carbons (Fsp3) is 1.00. The predicted octanol–water partition coefficient (Wildman–Crippen LogP) is 2.62. The van der Waals surface area contributed by atoms with Gasteiger partial charge in [0.05, 0.1) is 0 Å². The first-order valence-electron chi connectivity index (χ1n) is 5.22. The minimum absolute atomic E-state index is 0.818. The van der Waals surface area contributed by atoms with E-state index in [9.17, 15) is 0 Å². The lowest BCUT2D eigenvalue weighted by molar-refractivity contribution is 0.249. The highest BCUT2D eigenvalue weighted by molar-refractivity contribution is 4.86. The molecule has 1 nitrogen and oxygen atoms in total. The maximum absolute atomic E-state index is 2.54. The van der Waals surface area contributed by atoms with Crippen molar-refractivity contribution in [3.63, 3.8) is 0 Å². The maximum atomic E-state index is 2.54. The van der Waals surface area contributed by atoms with E-state index in [0.29, 0.717) is 0 Å². The van der Waals surface area contributed by atoms with E-state index in [1.165, 1.54) is 13.0 Å². The number of likely N-dealkylation sites (tertiary alicyclic amines) is 1. The molecule has 1 heteroatoms. The van der Waals surface area contributed by atoms with E-state index in [1.54, 1.807) is 0 Å². The largest absolute Gasteiger partial charge is 0.303 e. The van der Waals surface area contributed by atoms with Gasteiger partial charge in [-0.15, -0.1) is 0 Å². The molecule has 0 aromatic heterocycles. The molecule has 1 aliphatic rings. The zero-order chi connectivity index (χ0) is 9.30. The summed E-state index contributed by atoms with van der Waals surface area (Å²) in [6.45, 7) is 10.7. The molecule has 0 radical (unpaired) electrons. The van der Waals surface area contributed by atoms with Crippen LogP contribution in [0.2, 0.25) is 0 Å². The van der Waals surface area contributed by atoms with Gasteiger partial charge in [-0.25, -0.2) is 0 Å². The summed E-state index contributed by atoms with van der Waals surface area (Å²) < 4.78 is 0. The van der Waals surface area contributed by atoms with Gasteiger partial charge in [-0.1, -0.05) is 27.7 Å². The molecule has 12 heavy (non-hydrogen) atoms. The number of hydrogen-bond donors (Lipinski definition) is 0. The molecule has 2 atom stereocenters. The van der Waals surface area contributed by atoms with Crippen LogP contribution in [0.1, 0.15) is 34.1 Å². The lowest BCUT2D eigenvalue weighted by Gasteiger charge is -2.22. The minimum Gasteiger partial charge on any atom is -0.303 e. The van der Waals surface area contributed by atoms with Gasteiger partial charge in [0.15, 0.2) is 0 Å². The van der Waals surface area contributed by atoms with Gasteiger partial charge in [0.25, 0.3) is 0 Å². The summed E-state index contributed by atoms with van der Waals surface area (Å²) in [5.41, 5.74) is 0. The van der Waals surface area contributed by atoms with Gasteiger partial charge < -0.3 is 4.90 Å². The first-order valence-corrected chi connectivity index (χ1v) is 5.22. The van der Waals surface area contributed by atoms with Crippen LogP contribution in [0.5, 0.6) is 0 Å². The van der Waals surface area contributed by atoms with Crippen LogP contribution >= 0.6 is 0 Å². The van der Waals surface area contributed by atoms with Crippen molar-refractivity contribution in [2.45, 2.75) is 40.2 Å². The van der Waals surface area contributed by atoms with Gasteiger partial charge in [-0.3, -0.25) is 0 Å². The fourth-order valence-electron chi connectivity index (χ4n) is 2.33. The van der Waals surface area contributed by atoms with Crippen molar-refractivity contribution in [3.05, 3.63) is 0 Å². The summed E-state index contributed by atoms with van der Waals surface area (Å²) in [5.74, 6) is 2.61. The van der Waals surface area contributed by atoms with Gasteiger partial charge >= 0.3 is 0 Å². The Morgan fingerprint density at radius 2 is 1.67 bits per heavy atom. The van der Waals surface area contributed by atoms with Crippen molar-refractivity contribution in [1.29, 1.82) is 0 Å². The Bertz CT molecular complexity index is 140. The highest BCUT2D eigenvalue weighted by Gasteiger charge is 2.32. The summed E-state index contributed by atoms with van der Waals surface area (Å²) >= 11 is 0. The summed E-state index contributed by atoms with van der Waals surface area (Å²) in [7, 11) is 2.27. The third-order valence-corrected chi connectivity index (χ3v) is 3.35. The summed E-state index contributed by atoms with van der Waals surface area (Å²) in [4.78, 5) is 2.54. The molecule has 1 rings (SSSR count). The molecule has 1 heterocycles. The molecule has 0 aliphatic carbocycles. The maximum Gasteiger partial charge on any atom is 0.0118 e. The van der Waals surface area contributed by atoms with Crippen molar-refractivity contribution in [2.75, 3.05) is 13.6 Å². The average Bonchev–Trinajstić information content (AvgIpc) is 2.30. The average molecular weight is 169 g/mol. The highest BCUT2D eigenvalue weighted by Crippen LogP contribution is 2.31. The van der Waals surface area contributed by atoms with Crippen LogP contribution < -0.4 is 0 Å². The lowest BCUT2D eigenvalue weighted by Crippen LogP contribution is -2.29. The molecule has 1 aliphatic heterocycles. The van der Waals surface area contributed by atoms with Gasteiger partial charge in [-0.2, -0.15) is 0 Å². The first kappa shape index (κ1) is 10.0. The Hall–Kier alpha value is -0.0400. The zero-order valence-electron chi connectivity index (χ0n) is 9.17. The Kier molecular flexibility index (Phi) is 3.16. The molecule has 0 aromatic rings. The second-order valence-corrected chi connectivity index (χ2v) is 4.99. The first-order chi connectivity index (χ1) is 5.52. The molecule has 0 spiro atoms. The van der Waals surface area contributed by atoms with E-state index in [-0.39, 0.29) is 0 Å². The molecular formula is C11H23N. The van der Waals surface area contributed by atoms with Crippen molar-refractivity contribution in [2.24, 2.45) is 17.8 Å². The fourth-order valence-corrected chi connectivity index (χ4v) is 2.33. The Labute approximate surface area is 77.1 Å². The van der Waals surface area contributed by atoms with Crippen LogP contribution in [0.15, 0.2) is 0 Å². The monoisotopic (exact) mass is 169 g/mol. The predicted molar refractivity (Wildman–Crippen MR) is 54.2 cm³/mol. The van der Waals surface area contributed by atoms with Gasteiger partial charge in [-0.05, 0) is 31.2 Å². The molecule has 1 fully saturated rings. The quantitative estimate of drug-likeness (QED) is 0.614. The summed E-state index contributed by atoms with van der Waals surface area (Å²) in [5, 5.41) is 0. The van der Waals surface area contributed by atoms with E-state index in [1.807, 2.05) is 0 Å². The normalized spacial score (nSPS) is 32.2. The second-order valence-electron chi connectivity index (χ2n) is 4.99. The lowest BCUT2D eigenvalue weighted by atomic mass is 9.90. The Morgan fingerprint density at radius 3 is 1.92 bits per heavy atom. The van der Waals surface area contributed by atoms with Crippen molar-refractivity contribution < 1.29 is 0 Å². The van der Waals surface area contributed by atoms with Crippen LogP contribution in [-0.4, -0.2) is 24.5 Å². The van der Waals surface area contributed by atoms with E-state index >= 15 is 0 Å². The Morgan fingerprint density at radius 1 is 1.08 bits per heavy atom. The number of hydrogen-bond acceptors (Lipinski definition) is 1. The summed E-state index contributed by atoms with van der Waals surface area (Å²) in [6, 6.07) is 0.831. The topological polar surface area (TPSA) is 3.24 Å². The van der Waals surface area contributed by atoms with Crippen LogP contribution in [0.3, 0.4) is 0 Å². The van der Waals surface area contributed by atoms with Crippen LogP contribution in [-0.2, 0) is 0 Å². The molecular weight excluding hydrogens is 146 g/mol. The SMILES string of the molecule is CC(C)[C@@H]1C[C@@H](C(C)C)N(C)C1. The van der Waals surface area contributed by atoms with Crippen molar-refractivity contribution in [3.8, 4) is 0 Å². The van der Waals surface area contributed by atoms with Gasteiger partial charge in [0, 0.05) is 12.6 Å². The van der Waals surface area contributed by atoms with E-state index in [0.717, 1.165) is 23.8 Å². The molecule has 0 aromatic carbocycles. The van der Waals surface area contributed by atoms with E-state index in [4.69, 9.17) is 0 Å². The van der Waals surface area contributed by atoms with Crippen LogP contribution in [0.4, 0.5) is 0 Å². The third-order valence-electron chi connectivity index (χ3n) is 3.35. The molecule has 0 saturated carbocycles. The summed E-state index contributed by atoms with van der Waals surface area (Å²) in [6.07, 6.45) is 1.41. The second kappa shape index (κ2) is 3.78. The number of rotatable bonds is 2. The molecule has 0 bridgehead atoms. The van der Waals surface area contributed by atoms with Crippen LogP contribution in [0, 0.1) is 17.8 Å². The van der Waals surface area contributed by atoms with Crippen LogP contribution in [0.25, 0.3) is 0 Å². The Balaban J connectivity index is 2.50. The van der Waals surface area contributed by atoms with E-state index in [2.05, 4.69) is 39.6 Å². The molecule has 72 valence electrons. The van der Waals surface area contributed by atoms with Crippen molar-refractivity contribution in [1.82, 2.24) is 4.90 Å². The molecule has 0 N–H and O–H groups in total. The highest BCUT2D eigenvalue weighted by atomic mass is 15.2. The molecule has 0 amide bonds. The molecule has 0 unspecified atom stereocenters. The van der Waals surface area contributed by atoms with Crippen molar-refractivity contribution >= 4 is 0 Å². The van der Waals surface area contributed by atoms with E-state index < -0.39 is 0 Å². The smallest absolute Gasteiger partial charge is 0.0118 e. The minimum atomic E-state index is 0.818. The standard InChI is InChI=1S/C11H23N/c1-8(2)10-6-11(9(3)4)12(5)7-10/h8-11H,6-7H2,1-5H3/t10-,11+/m1/s1. The van der Waals surface area contributed by atoms with Gasteiger partial charge in [0.2, 0.25) is 0 Å². The number of nitrogens with zero attached hydrogens (tertiary/aromatic N) is 1. The van der Waals surface area contributed by atoms with Gasteiger partial charge in [0.1, 0.15) is 0 Å². The third kappa shape index (κ3) is 2.01.